The van der Waals surface area contributed by atoms with E-state index < -0.39 is 6.29 Å². The number of H-pyrrole nitrogens is 1. The maximum absolute atomic E-state index is 9.57. The van der Waals surface area contributed by atoms with Gasteiger partial charge in [0.2, 0.25) is 0 Å². The molecule has 0 aliphatic rings. The lowest BCUT2D eigenvalue weighted by Gasteiger charge is -2.02. The van der Waals surface area contributed by atoms with Crippen LogP contribution in [0.25, 0.3) is 11.3 Å². The number of phenolic OH excluding ortho intramolecular Hbond substituents is 1. The second-order valence-electron chi connectivity index (χ2n) is 3.22. The van der Waals surface area contributed by atoms with Crippen molar-refractivity contribution in [2.24, 2.45) is 0 Å². The van der Waals surface area contributed by atoms with E-state index in [9.17, 15) is 5.11 Å². The first kappa shape index (κ1) is 9.76. The molecule has 0 spiro atoms. The van der Waals surface area contributed by atoms with Crippen LogP contribution in [0.5, 0.6) is 5.75 Å². The minimum Gasteiger partial charge on any atom is -0.507 e. The summed E-state index contributed by atoms with van der Waals surface area (Å²) in [4.78, 5) is 2.81. The first-order valence-corrected chi connectivity index (χ1v) is 4.52. The maximum atomic E-state index is 9.57. The summed E-state index contributed by atoms with van der Waals surface area (Å²) in [6, 6.07) is 10.1. The van der Waals surface area contributed by atoms with Crippen LogP contribution in [0.15, 0.2) is 36.4 Å². The predicted molar refractivity (Wildman–Crippen MR) is 55.1 cm³/mol. The Morgan fingerprint density at radius 2 is 1.73 bits per heavy atom. The maximum Gasteiger partial charge on any atom is 0.193 e. The minimum atomic E-state index is -1.52. The molecule has 0 atom stereocenters. The van der Waals surface area contributed by atoms with E-state index in [-0.39, 0.29) is 5.75 Å². The predicted octanol–water partition coefficient (Wildman–Crippen LogP) is 1.37. The molecule has 1 heterocycles. The molecule has 4 nitrogen and oxygen atoms in total. The number of hydrogen-bond donors (Lipinski definition) is 4. The third-order valence-corrected chi connectivity index (χ3v) is 2.18. The number of aromatic hydroxyl groups is 1. The third kappa shape index (κ3) is 1.86. The second kappa shape index (κ2) is 3.76. The Kier molecular flexibility index (Phi) is 2.45. The van der Waals surface area contributed by atoms with Crippen molar-refractivity contribution in [3.8, 4) is 17.0 Å². The van der Waals surface area contributed by atoms with Crippen LogP contribution >= 0.6 is 0 Å². The summed E-state index contributed by atoms with van der Waals surface area (Å²) in [6.07, 6.45) is -1.52. The number of para-hydroxylation sites is 1. The zero-order valence-electron chi connectivity index (χ0n) is 7.88. The number of aliphatic hydroxyl groups is 2. The summed E-state index contributed by atoms with van der Waals surface area (Å²) in [5.41, 5.74) is 1.58. The second-order valence-corrected chi connectivity index (χ2v) is 3.22. The number of rotatable bonds is 2. The molecule has 0 radical (unpaired) electrons. The van der Waals surface area contributed by atoms with Crippen molar-refractivity contribution in [2.75, 3.05) is 0 Å². The molecule has 0 unspecified atom stereocenters. The molecule has 4 heteroatoms. The van der Waals surface area contributed by atoms with Crippen LogP contribution in [0.3, 0.4) is 0 Å². The average Bonchev–Trinajstić information content (AvgIpc) is 2.67. The molecule has 2 aromatic rings. The Labute approximate surface area is 86.4 Å². The SMILES string of the molecule is Oc1ccccc1-c1ccc(C(O)O)[nH]1. The van der Waals surface area contributed by atoms with E-state index in [1.54, 1.807) is 36.4 Å². The highest BCUT2D eigenvalue weighted by Crippen LogP contribution is 2.28. The molecule has 15 heavy (non-hydrogen) atoms. The summed E-state index contributed by atoms with van der Waals surface area (Å²) in [5, 5.41) is 27.4. The highest BCUT2D eigenvalue weighted by molar-refractivity contribution is 5.67. The molecular weight excluding hydrogens is 194 g/mol. The third-order valence-electron chi connectivity index (χ3n) is 2.18. The van der Waals surface area contributed by atoms with Crippen molar-refractivity contribution in [1.82, 2.24) is 4.98 Å². The van der Waals surface area contributed by atoms with E-state index in [1.165, 1.54) is 0 Å². The van der Waals surface area contributed by atoms with Gasteiger partial charge in [-0.2, -0.15) is 0 Å². The molecule has 4 N–H and O–H groups in total. The average molecular weight is 205 g/mol. The number of nitrogens with one attached hydrogen (secondary N) is 1. The van der Waals surface area contributed by atoms with Gasteiger partial charge in [0.15, 0.2) is 6.29 Å². The first-order valence-electron chi connectivity index (χ1n) is 4.52. The van der Waals surface area contributed by atoms with Gasteiger partial charge >= 0.3 is 0 Å². The van der Waals surface area contributed by atoms with Gasteiger partial charge in [-0.15, -0.1) is 0 Å². The normalized spacial score (nSPS) is 10.9. The lowest BCUT2D eigenvalue weighted by molar-refractivity contribution is -0.0454. The van der Waals surface area contributed by atoms with Gasteiger partial charge in [0.05, 0.1) is 5.69 Å². The molecule has 0 amide bonds. The van der Waals surface area contributed by atoms with Crippen LogP contribution in [0.4, 0.5) is 0 Å². The lowest BCUT2D eigenvalue weighted by atomic mass is 10.1. The first-order chi connectivity index (χ1) is 7.18. The van der Waals surface area contributed by atoms with E-state index >= 15 is 0 Å². The zero-order chi connectivity index (χ0) is 10.8. The number of phenols is 1. The van der Waals surface area contributed by atoms with E-state index in [1.807, 2.05) is 0 Å². The molecule has 0 saturated heterocycles. The van der Waals surface area contributed by atoms with Gasteiger partial charge in [0.25, 0.3) is 0 Å². The number of hydrogen-bond acceptors (Lipinski definition) is 3. The number of aromatic amines is 1. The van der Waals surface area contributed by atoms with Crippen molar-refractivity contribution >= 4 is 0 Å². The van der Waals surface area contributed by atoms with Gasteiger partial charge in [0.1, 0.15) is 5.75 Å². The lowest BCUT2D eigenvalue weighted by Crippen LogP contribution is -1.94. The Morgan fingerprint density at radius 1 is 1.00 bits per heavy atom. The monoisotopic (exact) mass is 205 g/mol. The quantitative estimate of drug-likeness (QED) is 0.559. The Hall–Kier alpha value is -1.78. The standard InChI is InChI=1S/C11H11NO3/c13-10-4-2-1-3-7(10)8-5-6-9(12-8)11(14)15/h1-6,11-15H. The largest absolute Gasteiger partial charge is 0.507 e. The molecule has 0 aliphatic carbocycles. The number of aromatic nitrogens is 1. The van der Waals surface area contributed by atoms with E-state index in [0.29, 0.717) is 17.0 Å². The molecular formula is C11H11NO3. The zero-order valence-corrected chi connectivity index (χ0v) is 7.88. The Morgan fingerprint density at radius 3 is 2.33 bits per heavy atom. The van der Waals surface area contributed by atoms with Crippen molar-refractivity contribution in [3.63, 3.8) is 0 Å². The van der Waals surface area contributed by atoms with Crippen LogP contribution in [0.1, 0.15) is 12.0 Å². The highest BCUT2D eigenvalue weighted by Gasteiger charge is 2.08. The van der Waals surface area contributed by atoms with Crippen LogP contribution in [0, 0.1) is 0 Å². The molecule has 1 aromatic heterocycles. The van der Waals surface area contributed by atoms with Crippen molar-refractivity contribution in [2.45, 2.75) is 6.29 Å². The Balaban J connectivity index is 2.42. The highest BCUT2D eigenvalue weighted by atomic mass is 16.5. The van der Waals surface area contributed by atoms with Gasteiger partial charge in [-0.05, 0) is 24.3 Å². The van der Waals surface area contributed by atoms with Gasteiger partial charge in [-0.3, -0.25) is 0 Å². The van der Waals surface area contributed by atoms with Crippen molar-refractivity contribution in [1.29, 1.82) is 0 Å². The van der Waals surface area contributed by atoms with Gasteiger partial charge in [-0.25, -0.2) is 0 Å². The van der Waals surface area contributed by atoms with Crippen LogP contribution < -0.4 is 0 Å². The smallest absolute Gasteiger partial charge is 0.193 e. The number of aliphatic hydroxyl groups excluding tert-OH is 1. The molecule has 0 saturated carbocycles. The summed E-state index contributed by atoms with van der Waals surface area (Å²) in [7, 11) is 0. The van der Waals surface area contributed by atoms with Gasteiger partial charge in [-0.1, -0.05) is 12.1 Å². The summed E-state index contributed by atoms with van der Waals surface area (Å²) < 4.78 is 0. The van der Waals surface area contributed by atoms with Crippen LogP contribution in [-0.2, 0) is 0 Å². The van der Waals surface area contributed by atoms with Crippen LogP contribution in [0.2, 0.25) is 0 Å². The molecule has 0 bridgehead atoms. The van der Waals surface area contributed by atoms with Crippen molar-refractivity contribution < 1.29 is 15.3 Å². The topological polar surface area (TPSA) is 76.5 Å². The molecule has 0 aliphatic heterocycles. The molecule has 0 fully saturated rings. The minimum absolute atomic E-state index is 0.151. The molecule has 2 rings (SSSR count). The van der Waals surface area contributed by atoms with E-state index in [2.05, 4.69) is 4.98 Å². The van der Waals surface area contributed by atoms with Gasteiger partial charge < -0.3 is 20.3 Å². The Bertz CT molecular complexity index is 462. The van der Waals surface area contributed by atoms with Gasteiger partial charge in [0, 0.05) is 11.3 Å². The van der Waals surface area contributed by atoms with E-state index in [0.717, 1.165) is 0 Å². The van der Waals surface area contributed by atoms with E-state index in [4.69, 9.17) is 10.2 Å². The number of benzene rings is 1. The van der Waals surface area contributed by atoms with Crippen molar-refractivity contribution in [3.05, 3.63) is 42.1 Å². The van der Waals surface area contributed by atoms with Crippen LogP contribution in [-0.4, -0.2) is 20.3 Å². The summed E-state index contributed by atoms with van der Waals surface area (Å²) in [5.74, 6) is 0.151. The summed E-state index contributed by atoms with van der Waals surface area (Å²) in [6.45, 7) is 0. The summed E-state index contributed by atoms with van der Waals surface area (Å²) >= 11 is 0. The fourth-order valence-electron chi connectivity index (χ4n) is 1.42. The fraction of sp³-hybridized carbons (Fsp3) is 0.0909. The fourth-order valence-corrected chi connectivity index (χ4v) is 1.42. The molecule has 1 aromatic carbocycles. The molecule has 78 valence electrons.